The van der Waals surface area contributed by atoms with Crippen molar-refractivity contribution in [3.05, 3.63) is 0 Å². The second-order valence-electron chi connectivity index (χ2n) is 4.19. The number of carbonyl (C=O) groups excluding carboxylic acids is 1. The molecule has 6 nitrogen and oxygen atoms in total. The van der Waals surface area contributed by atoms with E-state index in [1.165, 1.54) is 0 Å². The van der Waals surface area contributed by atoms with Gasteiger partial charge in [-0.3, -0.25) is 4.79 Å². The number of nitrogens with two attached hydrogens (primary N) is 1. The highest BCUT2D eigenvalue weighted by Crippen LogP contribution is 2.29. The van der Waals surface area contributed by atoms with Gasteiger partial charge in [0.2, 0.25) is 5.91 Å². The quantitative estimate of drug-likeness (QED) is 0.494. The summed E-state index contributed by atoms with van der Waals surface area (Å²) in [6, 6.07) is 0. The summed E-state index contributed by atoms with van der Waals surface area (Å²) in [6.07, 6.45) is 1.35. The smallest absolute Gasteiger partial charge is 0.227 e. The lowest BCUT2D eigenvalue weighted by molar-refractivity contribution is -0.136. The zero-order valence-corrected chi connectivity index (χ0v) is 10.1. The fourth-order valence-corrected chi connectivity index (χ4v) is 1.88. The molecule has 4 N–H and O–H groups in total. The molecule has 0 atom stereocenters. The zero-order chi connectivity index (χ0) is 12.6. The topological polar surface area (TPSA) is 93.8 Å². The van der Waals surface area contributed by atoms with Crippen LogP contribution in [-0.4, -0.2) is 57.1 Å². The summed E-state index contributed by atoms with van der Waals surface area (Å²) >= 11 is 0. The van der Waals surface area contributed by atoms with Gasteiger partial charge in [-0.15, -0.1) is 0 Å². The molecule has 1 rings (SSSR count). The largest absolute Gasteiger partial charge is 0.394 e. The molecule has 0 aromatic heterocycles. The molecule has 100 valence electrons. The Morgan fingerprint density at radius 2 is 2.12 bits per heavy atom. The van der Waals surface area contributed by atoms with E-state index >= 15 is 0 Å². The third-order valence-corrected chi connectivity index (χ3v) is 3.09. The highest BCUT2D eigenvalue weighted by Gasteiger charge is 2.38. The van der Waals surface area contributed by atoms with Gasteiger partial charge in [0, 0.05) is 26.3 Å². The first-order valence-electron chi connectivity index (χ1n) is 6.00. The van der Waals surface area contributed by atoms with Crippen molar-refractivity contribution in [2.75, 3.05) is 46.1 Å². The minimum absolute atomic E-state index is 0.00196. The lowest BCUT2D eigenvalue weighted by Gasteiger charge is -2.34. The van der Waals surface area contributed by atoms with Crippen LogP contribution in [0.5, 0.6) is 0 Å². The van der Waals surface area contributed by atoms with Crippen molar-refractivity contribution in [2.24, 2.45) is 11.1 Å². The summed E-state index contributed by atoms with van der Waals surface area (Å²) in [5, 5.41) is 11.3. The summed E-state index contributed by atoms with van der Waals surface area (Å²) in [7, 11) is 0. The molecule has 1 heterocycles. The average Bonchev–Trinajstić information content (AvgIpc) is 2.39. The number of nitrogens with one attached hydrogen (secondary N) is 1. The van der Waals surface area contributed by atoms with Gasteiger partial charge in [0.25, 0.3) is 0 Å². The Morgan fingerprint density at radius 3 is 2.71 bits per heavy atom. The normalized spacial score (nSPS) is 18.9. The third kappa shape index (κ3) is 4.23. The highest BCUT2D eigenvalue weighted by atomic mass is 16.5. The van der Waals surface area contributed by atoms with Crippen LogP contribution in [0.25, 0.3) is 0 Å². The van der Waals surface area contributed by atoms with Gasteiger partial charge in [0.15, 0.2) is 0 Å². The molecule has 0 radical (unpaired) electrons. The Labute approximate surface area is 101 Å². The van der Waals surface area contributed by atoms with E-state index < -0.39 is 5.41 Å². The molecule has 0 aliphatic carbocycles. The van der Waals surface area contributed by atoms with Crippen LogP contribution in [-0.2, 0) is 14.3 Å². The minimum Gasteiger partial charge on any atom is -0.394 e. The van der Waals surface area contributed by atoms with Crippen molar-refractivity contribution in [3.63, 3.8) is 0 Å². The van der Waals surface area contributed by atoms with Crippen LogP contribution >= 0.6 is 0 Å². The molecule has 1 aliphatic rings. The summed E-state index contributed by atoms with van der Waals surface area (Å²) in [6.45, 7) is 2.67. The summed E-state index contributed by atoms with van der Waals surface area (Å²) in [5.74, 6) is -0.0177. The molecule has 0 aromatic rings. The minimum atomic E-state index is -0.477. The van der Waals surface area contributed by atoms with Crippen molar-refractivity contribution in [2.45, 2.75) is 12.8 Å². The molecule has 0 bridgehead atoms. The molecule has 0 saturated carbocycles. The van der Waals surface area contributed by atoms with Crippen molar-refractivity contribution in [1.82, 2.24) is 5.32 Å². The number of rotatable bonds is 7. The maximum atomic E-state index is 12.0. The number of ether oxygens (including phenoxy) is 2. The van der Waals surface area contributed by atoms with Gasteiger partial charge in [-0.25, -0.2) is 0 Å². The highest BCUT2D eigenvalue weighted by molar-refractivity contribution is 5.83. The average molecular weight is 246 g/mol. The Hall–Kier alpha value is -0.690. The first kappa shape index (κ1) is 14.4. The molecule has 0 unspecified atom stereocenters. The fraction of sp³-hybridized carbons (Fsp3) is 0.909. The molecular formula is C11H22N2O4. The van der Waals surface area contributed by atoms with E-state index in [4.69, 9.17) is 20.3 Å². The predicted octanol–water partition coefficient (Wildman–Crippen LogP) is -1.13. The molecular weight excluding hydrogens is 224 g/mol. The van der Waals surface area contributed by atoms with Crippen molar-refractivity contribution >= 4 is 5.91 Å². The van der Waals surface area contributed by atoms with E-state index in [-0.39, 0.29) is 12.5 Å². The molecule has 6 heteroatoms. The first-order chi connectivity index (χ1) is 8.25. The number of aliphatic hydroxyl groups is 1. The standard InChI is InChI=1S/C11H22N2O4/c12-9-11(1-5-16-6-2-11)10(15)13-3-7-17-8-4-14/h14H,1-9,12H2,(H,13,15). The SMILES string of the molecule is NCC1(C(=O)NCCOCCO)CCOCC1. The molecule has 0 aromatic carbocycles. The molecule has 17 heavy (non-hydrogen) atoms. The molecule has 1 amide bonds. The van der Waals surface area contributed by atoms with Gasteiger partial charge in [0.05, 0.1) is 25.2 Å². The maximum Gasteiger partial charge on any atom is 0.227 e. The Morgan fingerprint density at radius 1 is 1.41 bits per heavy atom. The molecule has 1 saturated heterocycles. The van der Waals surface area contributed by atoms with Gasteiger partial charge < -0.3 is 25.6 Å². The van der Waals surface area contributed by atoms with E-state index in [2.05, 4.69) is 5.32 Å². The van der Waals surface area contributed by atoms with Crippen molar-refractivity contribution in [1.29, 1.82) is 0 Å². The third-order valence-electron chi connectivity index (χ3n) is 3.09. The fourth-order valence-electron chi connectivity index (χ4n) is 1.88. The van der Waals surface area contributed by atoms with Gasteiger partial charge in [0.1, 0.15) is 0 Å². The lowest BCUT2D eigenvalue weighted by atomic mass is 9.79. The molecule has 1 aliphatic heterocycles. The predicted molar refractivity (Wildman–Crippen MR) is 62.5 cm³/mol. The second kappa shape index (κ2) is 7.60. The van der Waals surface area contributed by atoms with E-state index in [1.54, 1.807) is 0 Å². The van der Waals surface area contributed by atoms with Gasteiger partial charge >= 0.3 is 0 Å². The maximum absolute atomic E-state index is 12.0. The summed E-state index contributed by atoms with van der Waals surface area (Å²) in [5.41, 5.74) is 5.23. The van der Waals surface area contributed by atoms with Gasteiger partial charge in [-0.2, -0.15) is 0 Å². The number of hydrogen-bond acceptors (Lipinski definition) is 5. The van der Waals surface area contributed by atoms with Crippen LogP contribution in [0.15, 0.2) is 0 Å². The van der Waals surface area contributed by atoms with E-state index in [0.717, 1.165) is 0 Å². The van der Waals surface area contributed by atoms with Crippen LogP contribution in [0.3, 0.4) is 0 Å². The van der Waals surface area contributed by atoms with Crippen LogP contribution in [0.4, 0.5) is 0 Å². The van der Waals surface area contributed by atoms with E-state index in [0.29, 0.717) is 52.4 Å². The lowest BCUT2D eigenvalue weighted by Crippen LogP contribution is -2.49. The number of carbonyl (C=O) groups is 1. The van der Waals surface area contributed by atoms with Gasteiger partial charge in [-0.1, -0.05) is 0 Å². The number of amides is 1. The van der Waals surface area contributed by atoms with Crippen molar-refractivity contribution in [3.8, 4) is 0 Å². The Balaban J connectivity index is 2.28. The van der Waals surface area contributed by atoms with Crippen molar-refractivity contribution < 1.29 is 19.4 Å². The van der Waals surface area contributed by atoms with Crippen LogP contribution in [0.1, 0.15) is 12.8 Å². The molecule has 1 fully saturated rings. The number of hydrogen-bond donors (Lipinski definition) is 3. The summed E-state index contributed by atoms with van der Waals surface area (Å²) < 4.78 is 10.3. The Bertz CT molecular complexity index is 230. The second-order valence-corrected chi connectivity index (χ2v) is 4.19. The monoisotopic (exact) mass is 246 g/mol. The molecule has 0 spiro atoms. The van der Waals surface area contributed by atoms with Crippen LogP contribution < -0.4 is 11.1 Å². The van der Waals surface area contributed by atoms with Gasteiger partial charge in [-0.05, 0) is 12.8 Å². The first-order valence-corrected chi connectivity index (χ1v) is 6.00. The summed E-state index contributed by atoms with van der Waals surface area (Å²) in [4.78, 5) is 12.0. The van der Waals surface area contributed by atoms with Crippen LogP contribution in [0.2, 0.25) is 0 Å². The Kier molecular flexibility index (Phi) is 6.43. The van der Waals surface area contributed by atoms with E-state index in [9.17, 15) is 4.79 Å². The van der Waals surface area contributed by atoms with E-state index in [1.807, 2.05) is 0 Å². The zero-order valence-electron chi connectivity index (χ0n) is 10.1. The number of aliphatic hydroxyl groups excluding tert-OH is 1. The van der Waals surface area contributed by atoms with Crippen LogP contribution in [0, 0.1) is 5.41 Å².